The molecular weight excluding hydrogens is 142 g/mol. The summed E-state index contributed by atoms with van der Waals surface area (Å²) in [4.78, 5) is 0. The topological polar surface area (TPSA) is 53.1 Å². The molecule has 0 spiro atoms. The van der Waals surface area contributed by atoms with Crippen LogP contribution in [0.3, 0.4) is 0 Å². The third kappa shape index (κ3) is 0.903. The molecule has 0 aliphatic carbocycles. The van der Waals surface area contributed by atoms with E-state index in [9.17, 15) is 0 Å². The minimum Gasteiger partial charge on any atom is -0.384 e. The number of aromatic nitrogens is 2. The van der Waals surface area contributed by atoms with Gasteiger partial charge in [-0.1, -0.05) is 0 Å². The Bertz CT molecular complexity index is 279. The fraction of sp³-hybridized carbons (Fsp3) is 0.571. The van der Waals surface area contributed by atoms with Crippen molar-refractivity contribution in [3.8, 4) is 0 Å². The second kappa shape index (κ2) is 2.23. The van der Waals surface area contributed by atoms with E-state index in [1.165, 1.54) is 0 Å². The van der Waals surface area contributed by atoms with Gasteiger partial charge in [0, 0.05) is 19.0 Å². The molecule has 60 valence electrons. The fourth-order valence-corrected chi connectivity index (χ4v) is 1.34. The van der Waals surface area contributed by atoms with E-state index in [0.29, 0.717) is 6.61 Å². The quantitative estimate of drug-likeness (QED) is 0.574. The van der Waals surface area contributed by atoms with Crippen LogP contribution in [0.2, 0.25) is 0 Å². The van der Waals surface area contributed by atoms with E-state index >= 15 is 0 Å². The van der Waals surface area contributed by atoms with Gasteiger partial charge in [0.05, 0.1) is 18.9 Å². The molecule has 0 atom stereocenters. The zero-order valence-electron chi connectivity index (χ0n) is 6.50. The van der Waals surface area contributed by atoms with Crippen LogP contribution in [0.5, 0.6) is 0 Å². The van der Waals surface area contributed by atoms with Gasteiger partial charge in [-0.25, -0.2) is 0 Å². The molecule has 2 heterocycles. The van der Waals surface area contributed by atoms with E-state index in [2.05, 4.69) is 5.10 Å². The van der Waals surface area contributed by atoms with Crippen molar-refractivity contribution >= 4 is 5.82 Å². The first-order valence-corrected chi connectivity index (χ1v) is 3.67. The van der Waals surface area contributed by atoms with Gasteiger partial charge in [0.2, 0.25) is 0 Å². The van der Waals surface area contributed by atoms with Gasteiger partial charge in [-0.05, 0) is 0 Å². The van der Waals surface area contributed by atoms with Crippen LogP contribution < -0.4 is 5.73 Å². The Hall–Kier alpha value is -1.03. The molecule has 0 amide bonds. The maximum atomic E-state index is 5.74. The van der Waals surface area contributed by atoms with E-state index in [4.69, 9.17) is 10.5 Å². The summed E-state index contributed by atoms with van der Waals surface area (Å²) < 4.78 is 6.96. The van der Waals surface area contributed by atoms with E-state index in [0.717, 1.165) is 30.1 Å². The van der Waals surface area contributed by atoms with Crippen molar-refractivity contribution in [2.75, 3.05) is 12.3 Å². The van der Waals surface area contributed by atoms with Gasteiger partial charge < -0.3 is 10.5 Å². The number of ether oxygens (including phenoxy) is 1. The van der Waals surface area contributed by atoms with Gasteiger partial charge in [0.25, 0.3) is 0 Å². The normalized spacial score (nSPS) is 16.5. The smallest absolute Gasteiger partial charge is 0.127 e. The highest BCUT2D eigenvalue weighted by Gasteiger charge is 2.16. The van der Waals surface area contributed by atoms with Gasteiger partial charge in [-0.3, -0.25) is 4.68 Å². The minimum atomic E-state index is 0.620. The summed E-state index contributed by atoms with van der Waals surface area (Å²) in [5.41, 5.74) is 7.91. The number of hydrogen-bond acceptors (Lipinski definition) is 3. The summed E-state index contributed by atoms with van der Waals surface area (Å²) in [7, 11) is 1.85. The second-order valence-corrected chi connectivity index (χ2v) is 2.74. The van der Waals surface area contributed by atoms with Gasteiger partial charge in [0.15, 0.2) is 0 Å². The molecule has 0 aromatic carbocycles. The van der Waals surface area contributed by atoms with Gasteiger partial charge in [-0.2, -0.15) is 5.10 Å². The first-order valence-electron chi connectivity index (χ1n) is 3.67. The van der Waals surface area contributed by atoms with Crippen LogP contribution in [0.1, 0.15) is 11.3 Å². The van der Waals surface area contributed by atoms with Gasteiger partial charge in [-0.15, -0.1) is 0 Å². The number of fused-ring (bicyclic) bond motifs is 1. The highest BCUT2D eigenvalue weighted by atomic mass is 16.5. The number of hydrogen-bond donors (Lipinski definition) is 1. The number of nitrogen functional groups attached to an aromatic ring is 1. The number of nitrogens with two attached hydrogens (primary N) is 1. The molecule has 4 nitrogen and oxygen atoms in total. The molecule has 11 heavy (non-hydrogen) atoms. The van der Waals surface area contributed by atoms with Crippen LogP contribution in [0, 0.1) is 0 Å². The molecule has 1 aliphatic heterocycles. The Morgan fingerprint density at radius 3 is 3.18 bits per heavy atom. The highest BCUT2D eigenvalue weighted by Crippen LogP contribution is 2.20. The van der Waals surface area contributed by atoms with Crippen molar-refractivity contribution in [3.05, 3.63) is 11.3 Å². The standard InChI is InChI=1S/C7H11N3O/c1-10-7(8)5-4-11-3-2-6(5)9-10/h2-4,8H2,1H3. The first-order chi connectivity index (χ1) is 5.29. The van der Waals surface area contributed by atoms with Crippen LogP contribution in [-0.2, 0) is 24.8 Å². The van der Waals surface area contributed by atoms with Crippen molar-refractivity contribution in [2.45, 2.75) is 13.0 Å². The van der Waals surface area contributed by atoms with Crippen LogP contribution in [0.4, 0.5) is 5.82 Å². The number of nitrogens with zero attached hydrogens (tertiary/aromatic N) is 2. The molecule has 1 aromatic rings. The summed E-state index contributed by atoms with van der Waals surface area (Å²) in [5, 5.41) is 4.26. The van der Waals surface area contributed by atoms with Crippen LogP contribution >= 0.6 is 0 Å². The Balaban J connectivity index is 2.50. The molecule has 1 aromatic heterocycles. The minimum absolute atomic E-state index is 0.620. The molecule has 2 rings (SSSR count). The molecule has 2 N–H and O–H groups in total. The largest absolute Gasteiger partial charge is 0.384 e. The molecule has 1 aliphatic rings. The van der Waals surface area contributed by atoms with Crippen LogP contribution in [0.15, 0.2) is 0 Å². The molecule has 4 heteroatoms. The Morgan fingerprint density at radius 1 is 1.64 bits per heavy atom. The molecule has 0 fully saturated rings. The lowest BCUT2D eigenvalue weighted by molar-refractivity contribution is 0.110. The summed E-state index contributed by atoms with van der Waals surface area (Å²) in [6.45, 7) is 1.39. The van der Waals surface area contributed by atoms with E-state index < -0.39 is 0 Å². The third-order valence-electron chi connectivity index (χ3n) is 2.01. The lowest BCUT2D eigenvalue weighted by atomic mass is 10.1. The molecular formula is C7H11N3O. The monoisotopic (exact) mass is 153 g/mol. The predicted molar refractivity (Wildman–Crippen MR) is 41.0 cm³/mol. The van der Waals surface area contributed by atoms with Crippen molar-refractivity contribution in [2.24, 2.45) is 7.05 Å². The SMILES string of the molecule is Cn1nc2c(c1N)COCC2. The lowest BCUT2D eigenvalue weighted by Crippen LogP contribution is -2.09. The Kier molecular flexibility index (Phi) is 1.35. The summed E-state index contributed by atoms with van der Waals surface area (Å²) >= 11 is 0. The van der Waals surface area contributed by atoms with Crippen LogP contribution in [0.25, 0.3) is 0 Å². The number of anilines is 1. The molecule has 0 radical (unpaired) electrons. The summed E-state index contributed by atoms with van der Waals surface area (Å²) in [5.74, 6) is 0.736. The van der Waals surface area contributed by atoms with Crippen molar-refractivity contribution in [1.29, 1.82) is 0 Å². The summed E-state index contributed by atoms with van der Waals surface area (Å²) in [6.07, 6.45) is 0.889. The number of aryl methyl sites for hydroxylation is 1. The Morgan fingerprint density at radius 2 is 2.45 bits per heavy atom. The van der Waals surface area contributed by atoms with Crippen molar-refractivity contribution < 1.29 is 4.74 Å². The van der Waals surface area contributed by atoms with Crippen molar-refractivity contribution in [1.82, 2.24) is 9.78 Å². The van der Waals surface area contributed by atoms with Crippen LogP contribution in [-0.4, -0.2) is 16.4 Å². The van der Waals surface area contributed by atoms with E-state index in [1.807, 2.05) is 7.05 Å². The molecule has 0 unspecified atom stereocenters. The zero-order valence-corrected chi connectivity index (χ0v) is 6.50. The average Bonchev–Trinajstić information content (AvgIpc) is 2.30. The van der Waals surface area contributed by atoms with Gasteiger partial charge in [0.1, 0.15) is 5.82 Å². The lowest BCUT2D eigenvalue weighted by Gasteiger charge is -2.09. The predicted octanol–water partition coefficient (Wildman–Crippen LogP) is 0.0750. The average molecular weight is 153 g/mol. The van der Waals surface area contributed by atoms with Crippen molar-refractivity contribution in [3.63, 3.8) is 0 Å². The fourth-order valence-electron chi connectivity index (χ4n) is 1.34. The van der Waals surface area contributed by atoms with Gasteiger partial charge >= 0.3 is 0 Å². The Labute approximate surface area is 64.9 Å². The zero-order chi connectivity index (χ0) is 7.84. The maximum absolute atomic E-state index is 5.74. The molecule has 0 saturated heterocycles. The first kappa shape index (κ1) is 6.67. The number of rotatable bonds is 0. The highest BCUT2D eigenvalue weighted by molar-refractivity contribution is 5.43. The van der Waals surface area contributed by atoms with E-state index in [-0.39, 0.29) is 0 Å². The molecule has 0 bridgehead atoms. The molecule has 0 saturated carbocycles. The summed E-state index contributed by atoms with van der Waals surface area (Å²) in [6, 6.07) is 0. The van der Waals surface area contributed by atoms with E-state index in [1.54, 1.807) is 4.68 Å². The third-order valence-corrected chi connectivity index (χ3v) is 2.01. The maximum Gasteiger partial charge on any atom is 0.127 e. The second-order valence-electron chi connectivity index (χ2n) is 2.74.